The van der Waals surface area contributed by atoms with Crippen LogP contribution in [-0.2, 0) is 5.41 Å². The van der Waals surface area contributed by atoms with Crippen LogP contribution in [0.2, 0.25) is 0 Å². The summed E-state index contributed by atoms with van der Waals surface area (Å²) in [5.74, 6) is 1.83. The minimum atomic E-state index is -0.128. The second-order valence-corrected chi connectivity index (χ2v) is 17.3. The fourth-order valence-electron chi connectivity index (χ4n) is 10.3. The molecular weight excluding hydrogens is 753 g/mol. The molecule has 0 unspecified atom stereocenters. The predicted octanol–water partition coefficient (Wildman–Crippen LogP) is 14.9. The van der Waals surface area contributed by atoms with E-state index in [0.29, 0.717) is 17.6 Å². The zero-order valence-electron chi connectivity index (χ0n) is 34.3. The maximum absolute atomic E-state index is 5.44. The molecule has 1 aliphatic carbocycles. The Balaban J connectivity index is 1.12. The lowest BCUT2D eigenvalue weighted by molar-refractivity contribution is 0.661. The second-order valence-electron chi connectivity index (χ2n) is 17.3. The fraction of sp³-hybridized carbons (Fsp3) is 0.0517. The quantitative estimate of drug-likeness (QED) is 0.178. The zero-order valence-corrected chi connectivity index (χ0v) is 34.3. The molecule has 0 N–H and O–H groups in total. The lowest BCUT2D eigenvalue weighted by Crippen LogP contribution is -2.14. The Morgan fingerprint density at radius 1 is 0.371 bits per heavy atom. The van der Waals surface area contributed by atoms with Crippen LogP contribution >= 0.6 is 0 Å². The van der Waals surface area contributed by atoms with Crippen molar-refractivity contribution in [2.24, 2.45) is 0 Å². The summed E-state index contributed by atoms with van der Waals surface area (Å²) in [6.45, 7) is 4.72. The molecule has 290 valence electrons. The normalized spacial score (nSPS) is 13.1. The second kappa shape index (κ2) is 13.0. The SMILES string of the molecule is CC1(C)c2ccc(-c3cccc4c5cc6ccccc6cc5n(-c5nc(-c6ccc7ccccc7c6)nc(-c6ccc7ccccc7c6)n5)c34)cc2-c2c1ccc1ccccc21. The van der Waals surface area contributed by atoms with E-state index in [1.54, 1.807) is 0 Å². The Morgan fingerprint density at radius 3 is 1.58 bits per heavy atom. The number of benzene rings is 10. The van der Waals surface area contributed by atoms with Gasteiger partial charge in [-0.3, -0.25) is 4.57 Å². The molecule has 2 heterocycles. The molecular formula is C58H38N4. The third-order valence-corrected chi connectivity index (χ3v) is 13.4. The van der Waals surface area contributed by atoms with Crippen molar-refractivity contribution in [1.29, 1.82) is 0 Å². The van der Waals surface area contributed by atoms with Crippen LogP contribution in [0, 0.1) is 0 Å². The summed E-state index contributed by atoms with van der Waals surface area (Å²) >= 11 is 0. The fourth-order valence-corrected chi connectivity index (χ4v) is 10.3. The van der Waals surface area contributed by atoms with E-state index in [0.717, 1.165) is 60.2 Å². The largest absolute Gasteiger partial charge is 0.277 e. The summed E-state index contributed by atoms with van der Waals surface area (Å²) in [6.07, 6.45) is 0. The monoisotopic (exact) mass is 790 g/mol. The van der Waals surface area contributed by atoms with E-state index >= 15 is 0 Å². The van der Waals surface area contributed by atoms with Gasteiger partial charge in [0.15, 0.2) is 11.6 Å². The molecule has 1 aliphatic rings. The van der Waals surface area contributed by atoms with Gasteiger partial charge in [-0.15, -0.1) is 0 Å². The van der Waals surface area contributed by atoms with Crippen LogP contribution in [0.4, 0.5) is 0 Å². The third kappa shape index (κ3) is 5.17. The van der Waals surface area contributed by atoms with Crippen molar-refractivity contribution in [2.75, 3.05) is 0 Å². The van der Waals surface area contributed by atoms with Crippen molar-refractivity contribution in [3.63, 3.8) is 0 Å². The zero-order chi connectivity index (χ0) is 41.1. The van der Waals surface area contributed by atoms with Gasteiger partial charge in [0.25, 0.3) is 0 Å². The molecule has 0 aliphatic heterocycles. The smallest absolute Gasteiger partial charge is 0.238 e. The number of fused-ring (bicyclic) bond motifs is 11. The minimum Gasteiger partial charge on any atom is -0.277 e. The molecule has 12 aromatic rings. The van der Waals surface area contributed by atoms with Gasteiger partial charge in [-0.2, -0.15) is 9.97 Å². The van der Waals surface area contributed by atoms with E-state index in [-0.39, 0.29) is 5.41 Å². The number of aromatic nitrogens is 4. The molecule has 0 fully saturated rings. The van der Waals surface area contributed by atoms with Crippen LogP contribution in [0.1, 0.15) is 25.0 Å². The van der Waals surface area contributed by atoms with E-state index in [2.05, 4.69) is 213 Å². The molecule has 2 aromatic heterocycles. The van der Waals surface area contributed by atoms with Crippen molar-refractivity contribution in [2.45, 2.75) is 19.3 Å². The van der Waals surface area contributed by atoms with Crippen LogP contribution in [0.5, 0.6) is 0 Å². The first-order chi connectivity index (χ1) is 30.5. The first-order valence-corrected chi connectivity index (χ1v) is 21.3. The average molecular weight is 791 g/mol. The Kier molecular flexibility index (Phi) is 7.32. The molecule has 0 saturated carbocycles. The van der Waals surface area contributed by atoms with Crippen molar-refractivity contribution in [1.82, 2.24) is 19.5 Å². The maximum Gasteiger partial charge on any atom is 0.238 e. The standard InChI is InChI=1S/C58H38N4/c1-58(2)50-28-27-42(33-49(50)53-45-19-10-9-14-37(45)26-29-51(53)58)46-20-11-21-47-48-32-40-17-7-8-18-41(40)34-52(48)62(54(46)47)57-60-55(43-24-22-35-12-3-5-15-38(35)30-43)59-56(61-57)44-25-23-36-13-4-6-16-39(36)31-44/h3-34H,1-2H3. The molecule has 62 heavy (non-hydrogen) atoms. The molecule has 4 heteroatoms. The van der Waals surface area contributed by atoms with Crippen LogP contribution in [0.3, 0.4) is 0 Å². The molecule has 0 radical (unpaired) electrons. The van der Waals surface area contributed by atoms with E-state index in [9.17, 15) is 0 Å². The molecule has 4 nitrogen and oxygen atoms in total. The lowest BCUT2D eigenvalue weighted by Gasteiger charge is -2.21. The highest BCUT2D eigenvalue weighted by atomic mass is 15.2. The maximum atomic E-state index is 5.44. The first-order valence-electron chi connectivity index (χ1n) is 21.3. The van der Waals surface area contributed by atoms with Crippen LogP contribution in [0.15, 0.2) is 194 Å². The van der Waals surface area contributed by atoms with Gasteiger partial charge in [0.1, 0.15) is 0 Å². The average Bonchev–Trinajstić information content (AvgIpc) is 3.77. The number of nitrogens with zero attached hydrogens (tertiary/aromatic N) is 4. The third-order valence-electron chi connectivity index (χ3n) is 13.4. The van der Waals surface area contributed by atoms with Gasteiger partial charge in [0.05, 0.1) is 11.0 Å². The minimum absolute atomic E-state index is 0.128. The van der Waals surface area contributed by atoms with Gasteiger partial charge in [-0.25, -0.2) is 4.98 Å². The number of rotatable bonds is 4. The lowest BCUT2D eigenvalue weighted by atomic mass is 9.82. The molecule has 13 rings (SSSR count). The number of para-hydroxylation sites is 1. The topological polar surface area (TPSA) is 43.6 Å². The Labute approximate surface area is 358 Å². The Bertz CT molecular complexity index is 3760. The first kappa shape index (κ1) is 34.9. The van der Waals surface area contributed by atoms with E-state index < -0.39 is 0 Å². The summed E-state index contributed by atoms with van der Waals surface area (Å²) in [5.41, 5.74) is 11.5. The molecule has 0 bridgehead atoms. The van der Waals surface area contributed by atoms with Crippen molar-refractivity contribution in [3.8, 4) is 51.0 Å². The number of hydrogen-bond donors (Lipinski definition) is 0. The van der Waals surface area contributed by atoms with E-state index in [1.165, 1.54) is 49.2 Å². The van der Waals surface area contributed by atoms with E-state index in [1.807, 2.05) is 0 Å². The summed E-state index contributed by atoms with van der Waals surface area (Å²) in [7, 11) is 0. The van der Waals surface area contributed by atoms with Gasteiger partial charge in [0, 0.05) is 32.9 Å². The van der Waals surface area contributed by atoms with Gasteiger partial charge < -0.3 is 0 Å². The Hall–Kier alpha value is -7.95. The molecule has 10 aromatic carbocycles. The van der Waals surface area contributed by atoms with Gasteiger partial charge in [-0.1, -0.05) is 178 Å². The molecule has 0 saturated heterocycles. The van der Waals surface area contributed by atoms with Gasteiger partial charge >= 0.3 is 0 Å². The summed E-state index contributed by atoms with van der Waals surface area (Å²) in [4.78, 5) is 16.1. The predicted molar refractivity (Wildman–Crippen MR) is 258 cm³/mol. The van der Waals surface area contributed by atoms with Crippen molar-refractivity contribution >= 4 is 64.9 Å². The van der Waals surface area contributed by atoms with E-state index in [4.69, 9.17) is 15.0 Å². The molecule has 0 amide bonds. The van der Waals surface area contributed by atoms with Crippen LogP contribution < -0.4 is 0 Å². The number of hydrogen-bond acceptors (Lipinski definition) is 3. The highest BCUT2D eigenvalue weighted by Crippen LogP contribution is 2.52. The van der Waals surface area contributed by atoms with Crippen molar-refractivity contribution < 1.29 is 0 Å². The highest BCUT2D eigenvalue weighted by molar-refractivity contribution is 6.17. The Morgan fingerprint density at radius 2 is 0.903 bits per heavy atom. The van der Waals surface area contributed by atoms with Crippen LogP contribution in [-0.4, -0.2) is 19.5 Å². The summed E-state index contributed by atoms with van der Waals surface area (Å²) in [6, 6.07) is 70.3. The summed E-state index contributed by atoms with van der Waals surface area (Å²) < 4.78 is 2.30. The summed E-state index contributed by atoms with van der Waals surface area (Å²) in [5, 5.41) is 11.8. The van der Waals surface area contributed by atoms with Crippen molar-refractivity contribution in [3.05, 3.63) is 205 Å². The van der Waals surface area contributed by atoms with Gasteiger partial charge in [0.2, 0.25) is 5.95 Å². The highest BCUT2D eigenvalue weighted by Gasteiger charge is 2.36. The molecule has 0 spiro atoms. The molecule has 0 atom stereocenters. The van der Waals surface area contributed by atoms with Gasteiger partial charge in [-0.05, 0) is 101 Å². The van der Waals surface area contributed by atoms with Crippen LogP contribution in [0.25, 0.3) is 116 Å².